The highest BCUT2D eigenvalue weighted by Crippen LogP contribution is 2.36. The van der Waals surface area contributed by atoms with Crippen molar-refractivity contribution in [2.45, 2.75) is 45.9 Å². The predicted octanol–water partition coefficient (Wildman–Crippen LogP) is 3.84. The van der Waals surface area contributed by atoms with Crippen LogP contribution >= 0.6 is 0 Å². The van der Waals surface area contributed by atoms with Crippen LogP contribution in [0.3, 0.4) is 0 Å². The Morgan fingerprint density at radius 3 is 2.78 bits per heavy atom. The second-order valence-corrected chi connectivity index (χ2v) is 9.64. The number of aromatic amines is 2. The Hall–Kier alpha value is -3.92. The van der Waals surface area contributed by atoms with Gasteiger partial charge in [0.15, 0.2) is 17.4 Å². The lowest BCUT2D eigenvalue weighted by Crippen LogP contribution is -2.39. The number of amides is 2. The van der Waals surface area contributed by atoms with Crippen LogP contribution < -0.4 is 0 Å². The summed E-state index contributed by atoms with van der Waals surface area (Å²) in [6, 6.07) is 6.70. The number of carbonyl (C=O) groups is 1. The molecule has 2 aliphatic heterocycles. The second-order valence-electron chi connectivity index (χ2n) is 9.64. The lowest BCUT2D eigenvalue weighted by molar-refractivity contribution is 0.145. The molecule has 10 heteroatoms. The Labute approximate surface area is 206 Å². The van der Waals surface area contributed by atoms with Gasteiger partial charge in [-0.3, -0.25) is 5.10 Å². The van der Waals surface area contributed by atoms with Crippen molar-refractivity contribution in [3.63, 3.8) is 0 Å². The summed E-state index contributed by atoms with van der Waals surface area (Å²) in [5.74, 6) is -0.360. The molecular formula is C26H27FN6O3. The van der Waals surface area contributed by atoms with Crippen molar-refractivity contribution in [3.05, 3.63) is 52.6 Å². The first-order chi connectivity index (χ1) is 17.3. The number of H-pyrrole nitrogens is 2. The molecule has 2 aromatic carbocycles. The van der Waals surface area contributed by atoms with E-state index in [1.54, 1.807) is 9.80 Å². The number of benzene rings is 2. The number of carbonyl (C=O) groups excluding carboxylic acids is 1. The average Bonchev–Trinajstić information content (AvgIpc) is 3.62. The zero-order valence-electron chi connectivity index (χ0n) is 20.1. The monoisotopic (exact) mass is 490 g/mol. The lowest BCUT2D eigenvalue weighted by Gasteiger charge is -2.23. The highest BCUT2D eigenvalue weighted by molar-refractivity contribution is 5.97. The molecule has 4 N–H and O–H groups in total. The first-order valence-corrected chi connectivity index (χ1v) is 12.1. The van der Waals surface area contributed by atoms with E-state index in [2.05, 4.69) is 15.2 Å². The van der Waals surface area contributed by atoms with Crippen molar-refractivity contribution in [1.82, 2.24) is 30.0 Å². The molecule has 186 valence electrons. The smallest absolute Gasteiger partial charge is 0.320 e. The molecule has 6 rings (SSSR count). The summed E-state index contributed by atoms with van der Waals surface area (Å²) in [4.78, 5) is 24.3. The van der Waals surface area contributed by atoms with Crippen molar-refractivity contribution < 1.29 is 19.4 Å². The van der Waals surface area contributed by atoms with E-state index < -0.39 is 11.9 Å². The van der Waals surface area contributed by atoms with Gasteiger partial charge in [0.25, 0.3) is 0 Å². The van der Waals surface area contributed by atoms with Crippen LogP contribution in [0.1, 0.15) is 35.9 Å². The third kappa shape index (κ3) is 3.60. The Bertz CT molecular complexity index is 1490. The SMILES string of the molecule is CCc1cc(O)c(F)cc1-c1cc(C)c2c(-c3nc4c([nH]3)CN(C(=O)N3CC[C@H](O)C3)C4)n[nH]c2c1. The largest absolute Gasteiger partial charge is 0.505 e. The van der Waals surface area contributed by atoms with Gasteiger partial charge in [0.1, 0.15) is 5.69 Å². The molecule has 9 nitrogen and oxygen atoms in total. The third-order valence-electron chi connectivity index (χ3n) is 7.21. The molecule has 0 saturated carbocycles. The summed E-state index contributed by atoms with van der Waals surface area (Å²) in [6.07, 6.45) is 0.823. The van der Waals surface area contributed by atoms with E-state index in [9.17, 15) is 19.4 Å². The second kappa shape index (κ2) is 8.34. The number of phenols is 1. The maximum Gasteiger partial charge on any atom is 0.320 e. The first-order valence-electron chi connectivity index (χ1n) is 12.1. The van der Waals surface area contributed by atoms with Gasteiger partial charge in [0, 0.05) is 18.5 Å². The normalized spacial score (nSPS) is 17.4. The number of rotatable bonds is 3. The summed E-state index contributed by atoms with van der Waals surface area (Å²) in [6.45, 7) is 5.74. The summed E-state index contributed by atoms with van der Waals surface area (Å²) >= 11 is 0. The molecule has 0 unspecified atom stereocenters. The molecule has 1 fully saturated rings. The zero-order valence-corrected chi connectivity index (χ0v) is 20.1. The Morgan fingerprint density at radius 2 is 2.06 bits per heavy atom. The van der Waals surface area contributed by atoms with Crippen LogP contribution in [0.5, 0.6) is 5.75 Å². The molecule has 2 aliphatic rings. The van der Waals surface area contributed by atoms with Crippen molar-refractivity contribution in [2.75, 3.05) is 13.1 Å². The fourth-order valence-corrected chi connectivity index (χ4v) is 5.35. The number of aromatic nitrogens is 4. The van der Waals surface area contributed by atoms with Gasteiger partial charge < -0.3 is 25.0 Å². The molecule has 1 saturated heterocycles. The summed E-state index contributed by atoms with van der Waals surface area (Å²) < 4.78 is 14.2. The minimum absolute atomic E-state index is 0.0785. The number of halogens is 1. The van der Waals surface area contributed by atoms with E-state index in [1.165, 1.54) is 12.1 Å². The van der Waals surface area contributed by atoms with E-state index in [0.717, 1.165) is 44.5 Å². The highest BCUT2D eigenvalue weighted by atomic mass is 19.1. The number of aryl methyl sites for hydroxylation is 2. The quantitative estimate of drug-likeness (QED) is 0.348. The molecule has 0 bridgehead atoms. The molecule has 1 atom stereocenters. The van der Waals surface area contributed by atoms with Crippen molar-refractivity contribution >= 4 is 16.9 Å². The van der Waals surface area contributed by atoms with E-state index in [-0.39, 0.29) is 11.8 Å². The van der Waals surface area contributed by atoms with Crippen LogP contribution in [-0.2, 0) is 19.5 Å². The Kier molecular flexibility index (Phi) is 5.22. The molecule has 36 heavy (non-hydrogen) atoms. The number of fused-ring (bicyclic) bond motifs is 2. The van der Waals surface area contributed by atoms with Gasteiger partial charge in [0.2, 0.25) is 0 Å². The minimum Gasteiger partial charge on any atom is -0.505 e. The van der Waals surface area contributed by atoms with Crippen LogP contribution in [0.25, 0.3) is 33.5 Å². The third-order valence-corrected chi connectivity index (χ3v) is 7.21. The van der Waals surface area contributed by atoms with Crippen LogP contribution in [0.2, 0.25) is 0 Å². The number of likely N-dealkylation sites (tertiary alicyclic amines) is 1. The van der Waals surface area contributed by atoms with Gasteiger partial charge in [-0.2, -0.15) is 5.10 Å². The minimum atomic E-state index is -0.649. The summed E-state index contributed by atoms with van der Waals surface area (Å²) in [7, 11) is 0. The number of β-amino-alcohol motifs (C(OH)–C–C–N with tert-alkyl or cyclic N) is 1. The van der Waals surface area contributed by atoms with E-state index in [4.69, 9.17) is 4.98 Å². The lowest BCUT2D eigenvalue weighted by atomic mass is 9.94. The van der Waals surface area contributed by atoms with Crippen LogP contribution in [0, 0.1) is 12.7 Å². The number of phenolic OH excluding ortho intramolecular Hbond substituents is 1. The number of aliphatic hydroxyl groups is 1. The molecule has 0 spiro atoms. The molecule has 4 aromatic rings. The Morgan fingerprint density at radius 1 is 1.22 bits per heavy atom. The molecule has 4 heterocycles. The molecule has 0 radical (unpaired) electrons. The zero-order chi connectivity index (χ0) is 25.1. The van der Waals surface area contributed by atoms with Crippen LogP contribution in [0.4, 0.5) is 9.18 Å². The van der Waals surface area contributed by atoms with Crippen LogP contribution in [-0.4, -0.2) is 65.4 Å². The molecule has 0 aliphatic carbocycles. The van der Waals surface area contributed by atoms with E-state index in [1.807, 2.05) is 26.0 Å². The molecule has 2 aromatic heterocycles. The highest BCUT2D eigenvalue weighted by Gasteiger charge is 2.33. The maximum absolute atomic E-state index is 14.2. The van der Waals surface area contributed by atoms with E-state index in [0.29, 0.717) is 50.5 Å². The number of hydrogen-bond acceptors (Lipinski definition) is 5. The maximum atomic E-state index is 14.2. The fraction of sp³-hybridized carbons (Fsp3) is 0.346. The standard InChI is InChI=1S/C26H27FN6O3/c1-3-14-8-22(35)18(27)9-17(14)15-6-13(2)23-19(7-15)30-31-24(23)25-28-20-11-33(12-21(20)29-25)26(36)32-5-4-16(34)10-32/h6-9,16,34-35H,3-5,10-12H2,1-2H3,(H,28,29)(H,30,31)/t16-/m0/s1. The summed E-state index contributed by atoms with van der Waals surface area (Å²) in [5.41, 5.74) is 6.59. The number of aliphatic hydroxyl groups excluding tert-OH is 1. The Balaban J connectivity index is 1.30. The summed E-state index contributed by atoms with van der Waals surface area (Å²) in [5, 5.41) is 28.1. The number of nitrogens with one attached hydrogen (secondary N) is 2. The fourth-order valence-electron chi connectivity index (χ4n) is 5.35. The van der Waals surface area contributed by atoms with E-state index >= 15 is 0 Å². The first kappa shape index (κ1) is 22.5. The molecule has 2 amide bonds. The predicted molar refractivity (Wildman–Crippen MR) is 132 cm³/mol. The van der Waals surface area contributed by atoms with Gasteiger partial charge >= 0.3 is 6.03 Å². The number of nitrogens with zero attached hydrogens (tertiary/aromatic N) is 4. The number of aromatic hydroxyl groups is 1. The van der Waals surface area contributed by atoms with Crippen molar-refractivity contribution in [1.29, 1.82) is 0 Å². The van der Waals surface area contributed by atoms with Gasteiger partial charge in [-0.25, -0.2) is 14.2 Å². The van der Waals surface area contributed by atoms with Crippen molar-refractivity contribution in [3.8, 4) is 28.4 Å². The average molecular weight is 491 g/mol. The van der Waals surface area contributed by atoms with Gasteiger partial charge in [-0.1, -0.05) is 13.0 Å². The number of hydrogen-bond donors (Lipinski definition) is 4. The van der Waals surface area contributed by atoms with Crippen LogP contribution in [0.15, 0.2) is 24.3 Å². The number of imidazole rings is 1. The topological polar surface area (TPSA) is 121 Å². The van der Waals surface area contributed by atoms with Gasteiger partial charge in [-0.05, 0) is 60.2 Å². The number of urea groups is 1. The van der Waals surface area contributed by atoms with Gasteiger partial charge in [0.05, 0.1) is 36.1 Å². The molecular weight excluding hydrogens is 463 g/mol. The van der Waals surface area contributed by atoms with Gasteiger partial charge in [-0.15, -0.1) is 0 Å². The van der Waals surface area contributed by atoms with Crippen molar-refractivity contribution in [2.24, 2.45) is 0 Å².